The molecule has 1 saturated carbocycles. The topological polar surface area (TPSA) is 49.8 Å². The zero-order valence-electron chi connectivity index (χ0n) is 15.0. The molecule has 25 heavy (non-hydrogen) atoms. The second kappa shape index (κ2) is 7.96. The van der Waals surface area contributed by atoms with E-state index in [1.54, 1.807) is 12.1 Å². The minimum atomic E-state index is -0.157. The van der Waals surface area contributed by atoms with Gasteiger partial charge in [-0.3, -0.25) is 4.79 Å². The van der Waals surface area contributed by atoms with E-state index < -0.39 is 0 Å². The van der Waals surface area contributed by atoms with Crippen LogP contribution in [0.15, 0.2) is 18.2 Å². The zero-order valence-corrected chi connectivity index (χ0v) is 15.7. The molecule has 3 rings (SSSR count). The fourth-order valence-electron chi connectivity index (χ4n) is 4.18. The Morgan fingerprint density at radius 3 is 2.84 bits per heavy atom. The van der Waals surface area contributed by atoms with Gasteiger partial charge in [-0.2, -0.15) is 0 Å². The van der Waals surface area contributed by atoms with E-state index in [1.807, 2.05) is 11.0 Å². The third kappa shape index (κ3) is 4.12. The minimum Gasteiger partial charge on any atom is -0.490 e. The molecule has 1 aliphatic heterocycles. The second-order valence-electron chi connectivity index (χ2n) is 7.55. The van der Waals surface area contributed by atoms with Crippen molar-refractivity contribution in [2.24, 2.45) is 5.41 Å². The number of halogens is 1. The van der Waals surface area contributed by atoms with Crippen LogP contribution in [0.25, 0.3) is 0 Å². The van der Waals surface area contributed by atoms with Gasteiger partial charge in [0, 0.05) is 23.5 Å². The van der Waals surface area contributed by atoms with Gasteiger partial charge in [-0.05, 0) is 56.7 Å². The molecule has 4 nitrogen and oxygen atoms in total. The molecule has 0 bridgehead atoms. The van der Waals surface area contributed by atoms with Gasteiger partial charge < -0.3 is 14.7 Å². The molecule has 1 amide bonds. The number of hydrogen-bond donors (Lipinski definition) is 1. The first-order chi connectivity index (χ1) is 12.1. The number of benzene rings is 1. The smallest absolute Gasteiger partial charge is 0.257 e. The van der Waals surface area contributed by atoms with Crippen LogP contribution in [0.4, 0.5) is 0 Å². The van der Waals surface area contributed by atoms with Crippen molar-refractivity contribution in [2.45, 2.75) is 58.0 Å². The molecule has 1 aromatic rings. The number of likely N-dealkylation sites (tertiary alicyclic amines) is 1. The SMILES string of the molecule is CCCC1(CO)CCN(C(=O)c2cc(Cl)ccc2OC2CCCC2)C1. The first kappa shape index (κ1) is 18.5. The monoisotopic (exact) mass is 365 g/mol. The Bertz CT molecular complexity index is 615. The van der Waals surface area contributed by atoms with Crippen molar-refractivity contribution in [3.05, 3.63) is 28.8 Å². The molecule has 0 aromatic heterocycles. The van der Waals surface area contributed by atoms with Crippen molar-refractivity contribution >= 4 is 17.5 Å². The Balaban J connectivity index is 1.78. The highest BCUT2D eigenvalue weighted by Crippen LogP contribution is 2.37. The van der Waals surface area contributed by atoms with Crippen molar-refractivity contribution in [3.8, 4) is 5.75 Å². The van der Waals surface area contributed by atoms with E-state index in [-0.39, 0.29) is 24.0 Å². The van der Waals surface area contributed by atoms with Crippen molar-refractivity contribution in [3.63, 3.8) is 0 Å². The maximum atomic E-state index is 13.1. The van der Waals surface area contributed by atoms with Gasteiger partial charge in [0.15, 0.2) is 0 Å². The van der Waals surface area contributed by atoms with Gasteiger partial charge in [-0.25, -0.2) is 0 Å². The highest BCUT2D eigenvalue weighted by atomic mass is 35.5. The molecule has 0 radical (unpaired) electrons. The summed E-state index contributed by atoms with van der Waals surface area (Å²) in [7, 11) is 0. The molecule has 2 aliphatic rings. The third-order valence-electron chi connectivity index (χ3n) is 5.61. The molecule has 0 spiro atoms. The van der Waals surface area contributed by atoms with E-state index in [0.29, 0.717) is 29.4 Å². The number of aliphatic hydroxyl groups is 1. The summed E-state index contributed by atoms with van der Waals surface area (Å²) in [6.07, 6.45) is 7.46. The zero-order chi connectivity index (χ0) is 17.9. The van der Waals surface area contributed by atoms with Crippen molar-refractivity contribution in [1.82, 2.24) is 4.90 Å². The Morgan fingerprint density at radius 2 is 2.16 bits per heavy atom. The molecule has 1 unspecified atom stereocenters. The van der Waals surface area contributed by atoms with Crippen molar-refractivity contribution in [2.75, 3.05) is 19.7 Å². The lowest BCUT2D eigenvalue weighted by Gasteiger charge is -2.27. The van der Waals surface area contributed by atoms with Gasteiger partial charge >= 0.3 is 0 Å². The number of nitrogens with zero attached hydrogens (tertiary/aromatic N) is 1. The summed E-state index contributed by atoms with van der Waals surface area (Å²) in [5.41, 5.74) is 0.389. The molecule has 2 fully saturated rings. The lowest BCUT2D eigenvalue weighted by Crippen LogP contribution is -2.34. The fourth-order valence-corrected chi connectivity index (χ4v) is 4.35. The van der Waals surface area contributed by atoms with Gasteiger partial charge in [-0.1, -0.05) is 24.9 Å². The molecular weight excluding hydrogens is 338 g/mol. The van der Waals surface area contributed by atoms with E-state index in [4.69, 9.17) is 16.3 Å². The van der Waals surface area contributed by atoms with E-state index in [2.05, 4.69) is 6.92 Å². The first-order valence-electron chi connectivity index (χ1n) is 9.43. The summed E-state index contributed by atoms with van der Waals surface area (Å²) < 4.78 is 6.11. The molecular formula is C20H28ClNO3. The van der Waals surface area contributed by atoms with E-state index in [9.17, 15) is 9.90 Å². The Hall–Kier alpha value is -1.26. The maximum absolute atomic E-state index is 13.1. The quantitative estimate of drug-likeness (QED) is 0.818. The van der Waals surface area contributed by atoms with Crippen LogP contribution in [-0.4, -0.2) is 41.7 Å². The van der Waals surface area contributed by atoms with Crippen LogP contribution in [0.1, 0.15) is 62.2 Å². The molecule has 1 heterocycles. The van der Waals surface area contributed by atoms with Crippen molar-refractivity contribution < 1.29 is 14.6 Å². The predicted octanol–water partition coefficient (Wildman–Crippen LogP) is 4.29. The first-order valence-corrected chi connectivity index (χ1v) is 9.81. The van der Waals surface area contributed by atoms with Gasteiger partial charge in [0.25, 0.3) is 5.91 Å². The molecule has 1 aliphatic carbocycles. The summed E-state index contributed by atoms with van der Waals surface area (Å²) in [6, 6.07) is 5.31. The highest BCUT2D eigenvalue weighted by molar-refractivity contribution is 6.31. The summed E-state index contributed by atoms with van der Waals surface area (Å²) in [5.74, 6) is 0.597. The average Bonchev–Trinajstić information content (AvgIpc) is 3.27. The van der Waals surface area contributed by atoms with Crippen LogP contribution in [-0.2, 0) is 0 Å². The molecule has 1 saturated heterocycles. The van der Waals surface area contributed by atoms with E-state index in [1.165, 1.54) is 12.8 Å². The summed E-state index contributed by atoms with van der Waals surface area (Å²) in [5, 5.41) is 10.4. The van der Waals surface area contributed by atoms with Crippen molar-refractivity contribution in [1.29, 1.82) is 0 Å². The Labute approximate surface area is 155 Å². The van der Waals surface area contributed by atoms with Gasteiger partial charge in [0.05, 0.1) is 18.3 Å². The fraction of sp³-hybridized carbons (Fsp3) is 0.650. The highest BCUT2D eigenvalue weighted by Gasteiger charge is 2.39. The van der Waals surface area contributed by atoms with Gasteiger partial charge in [0.1, 0.15) is 5.75 Å². The van der Waals surface area contributed by atoms with Crippen LogP contribution in [0.2, 0.25) is 5.02 Å². The minimum absolute atomic E-state index is 0.0399. The van der Waals surface area contributed by atoms with Crippen LogP contribution in [0, 0.1) is 5.41 Å². The number of hydrogen-bond acceptors (Lipinski definition) is 3. The molecule has 1 atom stereocenters. The Kier molecular flexibility index (Phi) is 5.90. The molecule has 1 aromatic carbocycles. The van der Waals surface area contributed by atoms with Crippen LogP contribution in [0.5, 0.6) is 5.75 Å². The number of aliphatic hydroxyl groups excluding tert-OH is 1. The standard InChI is InChI=1S/C20H28ClNO3/c1-2-9-20(14-23)10-11-22(13-20)19(24)17-12-15(21)7-8-18(17)25-16-5-3-4-6-16/h7-8,12,16,23H,2-6,9-11,13-14H2,1H3. The number of carbonyl (C=O) groups excluding carboxylic acids is 1. The summed E-state index contributed by atoms with van der Waals surface area (Å²) >= 11 is 6.15. The molecule has 5 heteroatoms. The van der Waals surface area contributed by atoms with E-state index >= 15 is 0 Å². The maximum Gasteiger partial charge on any atom is 0.257 e. The number of amides is 1. The van der Waals surface area contributed by atoms with Gasteiger partial charge in [-0.15, -0.1) is 0 Å². The third-order valence-corrected chi connectivity index (χ3v) is 5.84. The predicted molar refractivity (Wildman–Crippen MR) is 99.3 cm³/mol. The van der Waals surface area contributed by atoms with Crippen LogP contribution >= 0.6 is 11.6 Å². The lowest BCUT2D eigenvalue weighted by molar-refractivity contribution is 0.0722. The Morgan fingerprint density at radius 1 is 1.40 bits per heavy atom. The molecule has 1 N–H and O–H groups in total. The number of ether oxygens (including phenoxy) is 1. The number of rotatable bonds is 6. The van der Waals surface area contributed by atoms with Gasteiger partial charge in [0.2, 0.25) is 0 Å². The van der Waals surface area contributed by atoms with Crippen LogP contribution < -0.4 is 4.74 Å². The second-order valence-corrected chi connectivity index (χ2v) is 7.99. The van der Waals surface area contributed by atoms with E-state index in [0.717, 1.165) is 32.1 Å². The normalized spacial score (nSPS) is 24.0. The number of carbonyl (C=O) groups is 1. The summed E-state index contributed by atoms with van der Waals surface area (Å²) in [6.45, 7) is 3.53. The lowest BCUT2D eigenvalue weighted by atomic mass is 9.83. The summed E-state index contributed by atoms with van der Waals surface area (Å²) in [4.78, 5) is 15.0. The average molecular weight is 366 g/mol. The van der Waals surface area contributed by atoms with Crippen LogP contribution in [0.3, 0.4) is 0 Å². The largest absolute Gasteiger partial charge is 0.490 e. The molecule has 138 valence electrons.